The van der Waals surface area contributed by atoms with Crippen molar-refractivity contribution in [2.45, 2.75) is 52.2 Å². The molecule has 2 fully saturated rings. The zero-order valence-electron chi connectivity index (χ0n) is 26.9. The molecule has 0 spiro atoms. The lowest BCUT2D eigenvalue weighted by Crippen LogP contribution is -2.43. The van der Waals surface area contributed by atoms with E-state index in [0.29, 0.717) is 48.8 Å². The van der Waals surface area contributed by atoms with Gasteiger partial charge < -0.3 is 24.4 Å². The van der Waals surface area contributed by atoms with Crippen LogP contribution in [0.3, 0.4) is 0 Å². The van der Waals surface area contributed by atoms with E-state index in [0.717, 1.165) is 36.9 Å². The number of rotatable bonds is 9. The summed E-state index contributed by atoms with van der Waals surface area (Å²) in [6, 6.07) is 22.2. The van der Waals surface area contributed by atoms with Crippen LogP contribution in [0.2, 0.25) is 0 Å². The molecule has 0 radical (unpaired) electrons. The second-order valence-electron chi connectivity index (χ2n) is 12.4. The summed E-state index contributed by atoms with van der Waals surface area (Å²) in [5.74, 6) is 2.64. The minimum atomic E-state index is -0.460. The van der Waals surface area contributed by atoms with Crippen LogP contribution in [0, 0.1) is 12.8 Å². The van der Waals surface area contributed by atoms with Gasteiger partial charge in [0, 0.05) is 62.9 Å². The quantitative estimate of drug-likeness (QED) is 0.208. The van der Waals surface area contributed by atoms with Crippen LogP contribution in [0.5, 0.6) is 23.3 Å². The number of piperidine rings is 2. The lowest BCUT2D eigenvalue weighted by Gasteiger charge is -2.31. The van der Waals surface area contributed by atoms with Crippen molar-refractivity contribution in [2.75, 3.05) is 31.5 Å². The lowest BCUT2D eigenvalue weighted by atomic mass is 9.99. The smallest absolute Gasteiger partial charge is 0.416 e. The Morgan fingerprint density at radius 2 is 1.55 bits per heavy atom. The zero-order chi connectivity index (χ0) is 32.6. The number of aryl methyl sites for hydroxylation is 1. The van der Waals surface area contributed by atoms with E-state index in [1.165, 1.54) is 24.6 Å². The van der Waals surface area contributed by atoms with Gasteiger partial charge in [-0.05, 0) is 85.8 Å². The molecule has 2 aromatic heterocycles. The van der Waals surface area contributed by atoms with Crippen molar-refractivity contribution in [2.24, 2.45) is 5.92 Å². The Bertz CT molecular complexity index is 1620. The number of hydrogen-bond acceptors (Lipinski definition) is 8. The first kappa shape index (κ1) is 32.0. The summed E-state index contributed by atoms with van der Waals surface area (Å²) in [5.41, 5.74) is 3.37. The Balaban J connectivity index is 0.915. The molecule has 0 aliphatic carbocycles. The van der Waals surface area contributed by atoms with Crippen molar-refractivity contribution in [3.8, 4) is 23.3 Å². The number of benzene rings is 2. The Kier molecular flexibility index (Phi) is 10.3. The van der Waals surface area contributed by atoms with Gasteiger partial charge in [-0.3, -0.25) is 9.69 Å². The van der Waals surface area contributed by atoms with Crippen molar-refractivity contribution >= 4 is 17.7 Å². The maximum atomic E-state index is 12.8. The van der Waals surface area contributed by atoms with Crippen LogP contribution in [0.1, 0.15) is 54.1 Å². The molecule has 10 heteroatoms. The standard InChI is InChI=1S/C37H41N5O5/c1-26-5-15-34(38-22-26)46-32-13-11-31(12-14-32)45-33-17-20-42(21-18-33)37(44)47-35-16-10-30(23-39-35)40-36(43)29-8-6-28(7-9-29)25-41-19-3-4-27(2)24-41/h5-16,22-23,27,33H,3-4,17-21,24-25H2,1-2H3,(H,40,43). The minimum absolute atomic E-state index is 0.0136. The molecule has 6 rings (SSSR count). The summed E-state index contributed by atoms with van der Waals surface area (Å²) in [6.07, 6.45) is 6.67. The zero-order valence-corrected chi connectivity index (χ0v) is 26.9. The molecule has 1 atom stereocenters. The Hall–Kier alpha value is -4.96. The van der Waals surface area contributed by atoms with Crippen LogP contribution >= 0.6 is 0 Å². The van der Waals surface area contributed by atoms with Gasteiger partial charge in [0.15, 0.2) is 0 Å². The molecule has 1 N–H and O–H groups in total. The fourth-order valence-electron chi connectivity index (χ4n) is 5.89. The van der Waals surface area contributed by atoms with Crippen LogP contribution in [0.4, 0.5) is 10.5 Å². The summed E-state index contributed by atoms with van der Waals surface area (Å²) >= 11 is 0. The van der Waals surface area contributed by atoms with Gasteiger partial charge in [-0.2, -0.15) is 0 Å². The van der Waals surface area contributed by atoms with E-state index in [-0.39, 0.29) is 17.9 Å². The maximum Gasteiger partial charge on any atom is 0.416 e. The second-order valence-corrected chi connectivity index (χ2v) is 12.4. The molecule has 2 amide bonds. The third-order valence-corrected chi connectivity index (χ3v) is 8.48. The van der Waals surface area contributed by atoms with Gasteiger partial charge in [-0.15, -0.1) is 0 Å². The molecule has 0 bridgehead atoms. The normalized spacial score (nSPS) is 17.1. The Labute approximate surface area is 275 Å². The van der Waals surface area contributed by atoms with Gasteiger partial charge in [0.05, 0.1) is 11.9 Å². The third-order valence-electron chi connectivity index (χ3n) is 8.48. The average Bonchev–Trinajstić information content (AvgIpc) is 3.08. The predicted octanol–water partition coefficient (Wildman–Crippen LogP) is 7.10. The van der Waals surface area contributed by atoms with Crippen molar-refractivity contribution < 1.29 is 23.8 Å². The number of hydrogen-bond donors (Lipinski definition) is 1. The number of aromatic nitrogens is 2. The van der Waals surface area contributed by atoms with E-state index < -0.39 is 6.09 Å². The molecule has 1 unspecified atom stereocenters. The molecular formula is C37H41N5O5. The SMILES string of the molecule is Cc1ccc(Oc2ccc(OC3CCN(C(=O)Oc4ccc(NC(=O)c5ccc(CN6CCCC(C)C6)cc5)cn4)CC3)cc2)nc1. The summed E-state index contributed by atoms with van der Waals surface area (Å²) in [7, 11) is 0. The molecule has 2 aliphatic rings. The van der Waals surface area contributed by atoms with Gasteiger partial charge in [-0.1, -0.05) is 25.1 Å². The first-order valence-corrected chi connectivity index (χ1v) is 16.3. The van der Waals surface area contributed by atoms with Gasteiger partial charge >= 0.3 is 6.09 Å². The van der Waals surface area contributed by atoms with Crippen molar-refractivity contribution in [3.05, 3.63) is 102 Å². The highest BCUT2D eigenvalue weighted by molar-refractivity contribution is 6.04. The lowest BCUT2D eigenvalue weighted by molar-refractivity contribution is 0.0922. The predicted molar refractivity (Wildman–Crippen MR) is 179 cm³/mol. The number of carbonyl (C=O) groups is 2. The van der Waals surface area contributed by atoms with Gasteiger partial charge in [0.25, 0.3) is 5.91 Å². The number of ether oxygens (including phenoxy) is 3. The number of anilines is 1. The molecule has 10 nitrogen and oxygen atoms in total. The molecule has 47 heavy (non-hydrogen) atoms. The van der Waals surface area contributed by atoms with Crippen LogP contribution < -0.4 is 19.5 Å². The first-order chi connectivity index (χ1) is 22.9. The van der Waals surface area contributed by atoms with E-state index in [4.69, 9.17) is 14.2 Å². The molecule has 2 saturated heterocycles. The molecule has 4 aromatic rings. The van der Waals surface area contributed by atoms with E-state index in [1.807, 2.05) is 67.6 Å². The van der Waals surface area contributed by atoms with Crippen molar-refractivity contribution in [3.63, 3.8) is 0 Å². The minimum Gasteiger partial charge on any atom is -0.490 e. The largest absolute Gasteiger partial charge is 0.490 e. The fourth-order valence-corrected chi connectivity index (χ4v) is 5.89. The number of nitrogens with zero attached hydrogens (tertiary/aromatic N) is 4. The number of nitrogens with one attached hydrogen (secondary N) is 1. The number of pyridine rings is 2. The highest BCUT2D eigenvalue weighted by atomic mass is 16.6. The summed E-state index contributed by atoms with van der Waals surface area (Å²) < 4.78 is 17.4. The number of likely N-dealkylation sites (tertiary alicyclic amines) is 2. The van der Waals surface area contributed by atoms with Crippen molar-refractivity contribution in [1.29, 1.82) is 0 Å². The van der Waals surface area contributed by atoms with Gasteiger partial charge in [0.2, 0.25) is 11.8 Å². The summed E-state index contributed by atoms with van der Waals surface area (Å²) in [5, 5.41) is 2.86. The van der Waals surface area contributed by atoms with Crippen LogP contribution in [-0.4, -0.2) is 64.1 Å². The highest BCUT2D eigenvalue weighted by Gasteiger charge is 2.26. The van der Waals surface area contributed by atoms with Crippen LogP contribution in [0.25, 0.3) is 0 Å². The molecule has 2 aromatic carbocycles. The molecule has 2 aliphatic heterocycles. The molecule has 0 saturated carbocycles. The molecular weight excluding hydrogens is 594 g/mol. The molecule has 244 valence electrons. The van der Waals surface area contributed by atoms with E-state index in [1.54, 1.807) is 23.2 Å². The first-order valence-electron chi connectivity index (χ1n) is 16.3. The fraction of sp³-hybridized carbons (Fsp3) is 0.351. The van der Waals surface area contributed by atoms with Crippen molar-refractivity contribution in [1.82, 2.24) is 19.8 Å². The van der Waals surface area contributed by atoms with Crippen LogP contribution in [-0.2, 0) is 6.54 Å². The monoisotopic (exact) mass is 635 g/mol. The van der Waals surface area contributed by atoms with Gasteiger partial charge in [-0.25, -0.2) is 14.8 Å². The van der Waals surface area contributed by atoms with E-state index in [9.17, 15) is 9.59 Å². The van der Waals surface area contributed by atoms with E-state index in [2.05, 4.69) is 27.1 Å². The van der Waals surface area contributed by atoms with Crippen LogP contribution in [0.15, 0.2) is 85.2 Å². The topological polar surface area (TPSA) is 106 Å². The maximum absolute atomic E-state index is 12.8. The Morgan fingerprint density at radius 3 is 2.23 bits per heavy atom. The third kappa shape index (κ3) is 9.07. The summed E-state index contributed by atoms with van der Waals surface area (Å²) in [4.78, 5) is 38.2. The van der Waals surface area contributed by atoms with E-state index >= 15 is 0 Å². The molecule has 4 heterocycles. The van der Waals surface area contributed by atoms with Gasteiger partial charge in [0.1, 0.15) is 17.6 Å². The average molecular weight is 636 g/mol. The number of amides is 2. The Morgan fingerprint density at radius 1 is 0.830 bits per heavy atom. The highest BCUT2D eigenvalue weighted by Crippen LogP contribution is 2.25. The summed E-state index contributed by atoms with van der Waals surface area (Å²) in [6.45, 7) is 8.44. The number of carbonyl (C=O) groups excluding carboxylic acids is 2. The second kappa shape index (κ2) is 15.1.